The second-order valence-corrected chi connectivity index (χ2v) is 6.87. The minimum atomic E-state index is -0.405. The summed E-state index contributed by atoms with van der Waals surface area (Å²) in [7, 11) is 1.94. The van der Waals surface area contributed by atoms with Gasteiger partial charge in [-0.25, -0.2) is 4.98 Å². The SMILES string of the molecule is Cn1c(-c2ccc(C(=O)NNC(=O)c3ccncc3)s2)nc2ccccc21. The highest BCUT2D eigenvalue weighted by Crippen LogP contribution is 2.29. The Kier molecular flexibility index (Phi) is 4.39. The van der Waals surface area contributed by atoms with Crippen LogP contribution in [0.25, 0.3) is 21.7 Å². The molecule has 0 aliphatic carbocycles. The fourth-order valence-electron chi connectivity index (χ4n) is 2.70. The van der Waals surface area contributed by atoms with Crippen LogP contribution in [0.2, 0.25) is 0 Å². The monoisotopic (exact) mass is 377 g/mol. The van der Waals surface area contributed by atoms with Crippen LogP contribution in [0.3, 0.4) is 0 Å². The van der Waals surface area contributed by atoms with Crippen molar-refractivity contribution in [1.29, 1.82) is 0 Å². The van der Waals surface area contributed by atoms with Crippen LogP contribution in [0.1, 0.15) is 20.0 Å². The molecule has 134 valence electrons. The van der Waals surface area contributed by atoms with Crippen LogP contribution in [-0.4, -0.2) is 26.3 Å². The molecule has 2 amide bonds. The fraction of sp³-hybridized carbons (Fsp3) is 0.0526. The molecule has 7 nitrogen and oxygen atoms in total. The summed E-state index contributed by atoms with van der Waals surface area (Å²) >= 11 is 1.31. The third kappa shape index (κ3) is 3.30. The Morgan fingerprint density at radius 2 is 1.70 bits per heavy atom. The average Bonchev–Trinajstić information content (AvgIpc) is 3.32. The summed E-state index contributed by atoms with van der Waals surface area (Å²) in [6.07, 6.45) is 3.03. The van der Waals surface area contributed by atoms with Gasteiger partial charge >= 0.3 is 0 Å². The van der Waals surface area contributed by atoms with Gasteiger partial charge in [-0.3, -0.25) is 25.4 Å². The molecule has 8 heteroatoms. The number of nitrogens with zero attached hydrogens (tertiary/aromatic N) is 3. The lowest BCUT2D eigenvalue weighted by Crippen LogP contribution is -2.41. The number of aryl methyl sites for hydroxylation is 1. The number of hydrogen-bond acceptors (Lipinski definition) is 5. The number of rotatable bonds is 3. The van der Waals surface area contributed by atoms with Crippen molar-refractivity contribution in [1.82, 2.24) is 25.4 Å². The van der Waals surface area contributed by atoms with Gasteiger partial charge in [-0.15, -0.1) is 11.3 Å². The largest absolute Gasteiger partial charge is 0.326 e. The summed E-state index contributed by atoms with van der Waals surface area (Å²) in [6.45, 7) is 0. The molecule has 0 saturated carbocycles. The third-order valence-electron chi connectivity index (χ3n) is 4.07. The van der Waals surface area contributed by atoms with Gasteiger partial charge in [0.2, 0.25) is 0 Å². The van der Waals surface area contributed by atoms with Crippen molar-refractivity contribution in [2.45, 2.75) is 0 Å². The highest BCUT2D eigenvalue weighted by Gasteiger charge is 2.15. The van der Waals surface area contributed by atoms with Gasteiger partial charge in [0.05, 0.1) is 20.8 Å². The zero-order chi connectivity index (χ0) is 18.8. The molecule has 0 unspecified atom stereocenters. The van der Waals surface area contributed by atoms with E-state index in [4.69, 9.17) is 0 Å². The predicted molar refractivity (Wildman–Crippen MR) is 103 cm³/mol. The Bertz CT molecular complexity index is 1130. The van der Waals surface area contributed by atoms with Crippen molar-refractivity contribution in [2.24, 2.45) is 7.05 Å². The number of carbonyl (C=O) groups excluding carboxylic acids is 2. The topological polar surface area (TPSA) is 88.9 Å². The molecule has 0 spiro atoms. The first kappa shape index (κ1) is 16.9. The van der Waals surface area contributed by atoms with E-state index in [1.165, 1.54) is 23.7 Å². The molecule has 0 aliphatic heterocycles. The van der Waals surface area contributed by atoms with Crippen LogP contribution in [0, 0.1) is 0 Å². The predicted octanol–water partition coefficient (Wildman–Crippen LogP) is 2.77. The standard InChI is InChI=1S/C19H15N5O2S/c1-24-14-5-3-2-4-13(14)21-17(24)15-6-7-16(27-15)19(26)23-22-18(25)12-8-10-20-11-9-12/h2-11H,1H3,(H,22,25)(H,23,26). The Labute approximate surface area is 158 Å². The fourth-order valence-corrected chi connectivity index (χ4v) is 3.62. The van der Waals surface area contributed by atoms with Crippen molar-refractivity contribution in [3.63, 3.8) is 0 Å². The van der Waals surface area contributed by atoms with E-state index >= 15 is 0 Å². The van der Waals surface area contributed by atoms with E-state index in [0.717, 1.165) is 21.7 Å². The molecule has 0 atom stereocenters. The summed E-state index contributed by atoms with van der Waals surface area (Å²) < 4.78 is 1.99. The first-order valence-corrected chi connectivity index (χ1v) is 8.97. The van der Waals surface area contributed by atoms with E-state index in [1.54, 1.807) is 18.2 Å². The number of imidazole rings is 1. The third-order valence-corrected chi connectivity index (χ3v) is 5.15. The second kappa shape index (κ2) is 7.00. The Morgan fingerprint density at radius 3 is 2.48 bits per heavy atom. The van der Waals surface area contributed by atoms with E-state index in [2.05, 4.69) is 20.8 Å². The quantitative estimate of drug-likeness (QED) is 0.537. The molecule has 4 rings (SSSR count). The maximum Gasteiger partial charge on any atom is 0.279 e. The summed E-state index contributed by atoms with van der Waals surface area (Å²) in [5.41, 5.74) is 7.17. The smallest absolute Gasteiger partial charge is 0.279 e. The highest BCUT2D eigenvalue weighted by atomic mass is 32.1. The number of fused-ring (bicyclic) bond motifs is 1. The van der Waals surface area contributed by atoms with Crippen LogP contribution < -0.4 is 10.9 Å². The second-order valence-electron chi connectivity index (χ2n) is 5.79. The van der Waals surface area contributed by atoms with E-state index in [1.807, 2.05) is 41.9 Å². The molecule has 0 fully saturated rings. The number of benzene rings is 1. The average molecular weight is 377 g/mol. The summed E-state index contributed by atoms with van der Waals surface area (Å²) in [4.78, 5) is 34.2. The van der Waals surface area contributed by atoms with Gasteiger partial charge in [-0.1, -0.05) is 12.1 Å². The molecule has 0 saturated heterocycles. The molecule has 4 aromatic rings. The van der Waals surface area contributed by atoms with Crippen LogP contribution in [-0.2, 0) is 7.05 Å². The van der Waals surface area contributed by atoms with Gasteiger partial charge in [0.15, 0.2) is 5.82 Å². The van der Waals surface area contributed by atoms with Gasteiger partial charge in [-0.05, 0) is 36.4 Å². The molecule has 0 aliphatic rings. The number of thiophene rings is 1. The van der Waals surface area contributed by atoms with Gasteiger partial charge in [0, 0.05) is 25.0 Å². The van der Waals surface area contributed by atoms with Crippen molar-refractivity contribution in [2.75, 3.05) is 0 Å². The number of carbonyl (C=O) groups is 2. The minimum absolute atomic E-state index is 0.382. The van der Waals surface area contributed by atoms with Crippen molar-refractivity contribution >= 4 is 34.2 Å². The first-order valence-electron chi connectivity index (χ1n) is 8.16. The number of pyridine rings is 1. The van der Waals surface area contributed by atoms with Crippen molar-refractivity contribution in [3.8, 4) is 10.7 Å². The van der Waals surface area contributed by atoms with E-state index in [0.29, 0.717) is 10.4 Å². The summed E-state index contributed by atoms with van der Waals surface area (Å²) in [6, 6.07) is 14.6. The Morgan fingerprint density at radius 1 is 0.963 bits per heavy atom. The van der Waals surface area contributed by atoms with E-state index in [9.17, 15) is 9.59 Å². The molecule has 0 bridgehead atoms. The lowest BCUT2D eigenvalue weighted by Gasteiger charge is -2.05. The minimum Gasteiger partial charge on any atom is -0.326 e. The van der Waals surface area contributed by atoms with Gasteiger partial charge in [0.25, 0.3) is 11.8 Å². The molecule has 3 aromatic heterocycles. The zero-order valence-electron chi connectivity index (χ0n) is 14.3. The Balaban J connectivity index is 1.49. The first-order chi connectivity index (χ1) is 13.1. The number of hydrazine groups is 1. The molecule has 1 aromatic carbocycles. The number of nitrogens with one attached hydrogen (secondary N) is 2. The molecule has 27 heavy (non-hydrogen) atoms. The number of para-hydroxylation sites is 2. The Hall–Kier alpha value is -3.52. The van der Waals surface area contributed by atoms with Crippen molar-refractivity contribution in [3.05, 3.63) is 71.4 Å². The van der Waals surface area contributed by atoms with Crippen LogP contribution in [0.5, 0.6) is 0 Å². The number of hydrogen-bond donors (Lipinski definition) is 2. The van der Waals surface area contributed by atoms with Crippen molar-refractivity contribution < 1.29 is 9.59 Å². The normalized spacial score (nSPS) is 10.7. The molecular formula is C19H15N5O2S. The molecule has 0 radical (unpaired) electrons. The zero-order valence-corrected chi connectivity index (χ0v) is 15.2. The lowest BCUT2D eigenvalue weighted by atomic mass is 10.3. The van der Waals surface area contributed by atoms with E-state index < -0.39 is 5.91 Å². The van der Waals surface area contributed by atoms with Crippen LogP contribution >= 0.6 is 11.3 Å². The molecular weight excluding hydrogens is 362 g/mol. The summed E-state index contributed by atoms with van der Waals surface area (Å²) in [5, 5.41) is 0. The van der Waals surface area contributed by atoms with E-state index in [-0.39, 0.29) is 5.91 Å². The van der Waals surface area contributed by atoms with Crippen LogP contribution in [0.4, 0.5) is 0 Å². The lowest BCUT2D eigenvalue weighted by molar-refractivity contribution is 0.0849. The maximum absolute atomic E-state index is 12.3. The molecule has 3 heterocycles. The van der Waals surface area contributed by atoms with Crippen LogP contribution in [0.15, 0.2) is 60.9 Å². The molecule has 2 N–H and O–H groups in total. The van der Waals surface area contributed by atoms with Gasteiger partial charge in [0.1, 0.15) is 0 Å². The van der Waals surface area contributed by atoms with Gasteiger partial charge < -0.3 is 4.57 Å². The highest BCUT2D eigenvalue weighted by molar-refractivity contribution is 7.17. The number of aromatic nitrogens is 3. The number of amides is 2. The maximum atomic E-state index is 12.3. The van der Waals surface area contributed by atoms with Gasteiger partial charge in [-0.2, -0.15) is 0 Å². The summed E-state index contributed by atoms with van der Waals surface area (Å²) in [5.74, 6) is 0.00590.